The van der Waals surface area contributed by atoms with Crippen molar-refractivity contribution in [2.75, 3.05) is 26.5 Å². The third-order valence-corrected chi connectivity index (χ3v) is 5.53. The van der Waals surface area contributed by atoms with Gasteiger partial charge in [0.05, 0.1) is 13.7 Å². The lowest BCUT2D eigenvalue weighted by Gasteiger charge is -2.23. The number of rotatable bonds is 7. The van der Waals surface area contributed by atoms with Gasteiger partial charge >= 0.3 is 0 Å². The van der Waals surface area contributed by atoms with Crippen LogP contribution in [0.25, 0.3) is 0 Å². The summed E-state index contributed by atoms with van der Waals surface area (Å²) in [4.78, 5) is 4.72. The fourth-order valence-electron chi connectivity index (χ4n) is 2.67. The van der Waals surface area contributed by atoms with Gasteiger partial charge in [0.25, 0.3) is 0 Å². The first-order valence-electron chi connectivity index (χ1n) is 8.82. The molecule has 0 radical (unpaired) electrons. The van der Waals surface area contributed by atoms with E-state index in [1.807, 2.05) is 11.8 Å². The maximum atomic E-state index is 5.87. The minimum atomic E-state index is 0.158. The molecule has 0 saturated carbocycles. The first kappa shape index (κ1) is 19.8. The van der Waals surface area contributed by atoms with Crippen LogP contribution in [-0.2, 0) is 13.0 Å². The molecule has 0 amide bonds. The van der Waals surface area contributed by atoms with Gasteiger partial charge in [-0.25, -0.2) is 4.99 Å². The molecule has 1 atom stereocenters. The van der Waals surface area contributed by atoms with Crippen molar-refractivity contribution in [3.05, 3.63) is 23.3 Å². The van der Waals surface area contributed by atoms with Crippen LogP contribution in [0.2, 0.25) is 0 Å². The molecule has 2 N–H and O–H groups in total. The highest BCUT2D eigenvalue weighted by Gasteiger charge is 2.21. The quantitative estimate of drug-likeness (QED) is 0.574. The van der Waals surface area contributed by atoms with E-state index >= 15 is 0 Å². The Kier molecular flexibility index (Phi) is 6.87. The Bertz CT molecular complexity index is 617. The van der Waals surface area contributed by atoms with E-state index in [2.05, 4.69) is 56.7 Å². The van der Waals surface area contributed by atoms with Crippen molar-refractivity contribution in [1.82, 2.24) is 10.6 Å². The van der Waals surface area contributed by atoms with Gasteiger partial charge in [-0.15, -0.1) is 0 Å². The molecule has 1 aliphatic rings. The fourth-order valence-corrected chi connectivity index (χ4v) is 2.89. The molecular weight excluding hydrogens is 334 g/mol. The zero-order valence-corrected chi connectivity index (χ0v) is 17.0. The smallest absolute Gasteiger partial charge is 0.191 e. The van der Waals surface area contributed by atoms with Crippen LogP contribution in [0.5, 0.6) is 11.5 Å². The number of benzene rings is 1. The molecule has 0 bridgehead atoms. The van der Waals surface area contributed by atoms with Gasteiger partial charge in [-0.2, -0.15) is 11.8 Å². The van der Waals surface area contributed by atoms with E-state index in [4.69, 9.17) is 14.5 Å². The van der Waals surface area contributed by atoms with Gasteiger partial charge in [0.15, 0.2) is 5.96 Å². The first-order valence-corrected chi connectivity index (χ1v) is 10.0. The van der Waals surface area contributed by atoms with Crippen molar-refractivity contribution in [2.24, 2.45) is 4.99 Å². The SMILES string of the molecule is CCNC(=NCc1cc2c(cc1OC)CC(C)O2)NCC(C)(C)SC. The van der Waals surface area contributed by atoms with E-state index < -0.39 is 0 Å². The molecule has 1 unspecified atom stereocenters. The molecule has 0 spiro atoms. The van der Waals surface area contributed by atoms with Crippen molar-refractivity contribution < 1.29 is 9.47 Å². The molecule has 1 aromatic carbocycles. The second kappa shape index (κ2) is 8.70. The Balaban J connectivity index is 2.13. The van der Waals surface area contributed by atoms with E-state index in [1.54, 1.807) is 7.11 Å². The lowest BCUT2D eigenvalue weighted by Crippen LogP contribution is -2.43. The third-order valence-electron chi connectivity index (χ3n) is 4.28. The number of nitrogens with zero attached hydrogens (tertiary/aromatic N) is 1. The molecule has 1 heterocycles. The topological polar surface area (TPSA) is 54.9 Å². The summed E-state index contributed by atoms with van der Waals surface area (Å²) in [6, 6.07) is 4.15. The number of ether oxygens (including phenoxy) is 2. The molecule has 140 valence electrons. The van der Waals surface area contributed by atoms with E-state index in [-0.39, 0.29) is 10.9 Å². The number of hydrogen-bond donors (Lipinski definition) is 2. The average Bonchev–Trinajstić information content (AvgIpc) is 2.95. The Morgan fingerprint density at radius 3 is 2.80 bits per heavy atom. The lowest BCUT2D eigenvalue weighted by molar-refractivity contribution is 0.254. The average molecular weight is 366 g/mol. The van der Waals surface area contributed by atoms with E-state index in [0.29, 0.717) is 6.54 Å². The number of nitrogens with one attached hydrogen (secondary N) is 2. The van der Waals surface area contributed by atoms with Gasteiger partial charge < -0.3 is 20.1 Å². The second-order valence-electron chi connectivity index (χ2n) is 6.92. The minimum absolute atomic E-state index is 0.158. The van der Waals surface area contributed by atoms with Gasteiger partial charge in [-0.1, -0.05) is 0 Å². The summed E-state index contributed by atoms with van der Waals surface area (Å²) in [6.07, 6.45) is 3.29. The third kappa shape index (κ3) is 5.46. The molecule has 25 heavy (non-hydrogen) atoms. The van der Waals surface area contributed by atoms with Crippen LogP contribution < -0.4 is 20.1 Å². The zero-order valence-electron chi connectivity index (χ0n) is 16.2. The Hall–Kier alpha value is -1.56. The number of fused-ring (bicyclic) bond motifs is 1. The van der Waals surface area contributed by atoms with Gasteiger partial charge in [-0.3, -0.25) is 0 Å². The Labute approximate surface area is 156 Å². The maximum absolute atomic E-state index is 5.87. The number of methoxy groups -OCH3 is 1. The number of thioether (sulfide) groups is 1. The Morgan fingerprint density at radius 2 is 2.16 bits per heavy atom. The standard InChI is InChI=1S/C19H31N3O2S/c1-7-20-18(22-12-19(3,4)25-6)21-11-15-10-17-14(8-13(2)24-17)9-16(15)23-5/h9-10,13H,7-8,11-12H2,1-6H3,(H2,20,21,22). The summed E-state index contributed by atoms with van der Waals surface area (Å²) in [5.41, 5.74) is 2.25. The van der Waals surface area contributed by atoms with Crippen LogP contribution >= 0.6 is 11.8 Å². The largest absolute Gasteiger partial charge is 0.496 e. The van der Waals surface area contributed by atoms with Crippen LogP contribution in [0, 0.1) is 0 Å². The summed E-state index contributed by atoms with van der Waals surface area (Å²) in [7, 11) is 1.71. The maximum Gasteiger partial charge on any atom is 0.191 e. The monoisotopic (exact) mass is 365 g/mol. The van der Waals surface area contributed by atoms with E-state index in [0.717, 1.165) is 42.5 Å². The van der Waals surface area contributed by atoms with Crippen molar-refractivity contribution in [3.8, 4) is 11.5 Å². The van der Waals surface area contributed by atoms with Crippen molar-refractivity contribution >= 4 is 17.7 Å². The summed E-state index contributed by atoms with van der Waals surface area (Å²) in [5, 5.41) is 6.73. The Morgan fingerprint density at radius 1 is 1.40 bits per heavy atom. The molecule has 0 aliphatic carbocycles. The summed E-state index contributed by atoms with van der Waals surface area (Å²) in [5.74, 6) is 2.65. The van der Waals surface area contributed by atoms with Gasteiger partial charge in [0.2, 0.25) is 0 Å². The zero-order chi connectivity index (χ0) is 18.4. The van der Waals surface area contributed by atoms with Gasteiger partial charge in [0.1, 0.15) is 17.6 Å². The molecule has 1 aliphatic heterocycles. The molecule has 0 aromatic heterocycles. The van der Waals surface area contributed by atoms with Crippen LogP contribution in [0.3, 0.4) is 0 Å². The number of guanidine groups is 1. The van der Waals surface area contributed by atoms with Crippen LogP contribution in [-0.4, -0.2) is 43.3 Å². The van der Waals surface area contributed by atoms with Crippen molar-refractivity contribution in [3.63, 3.8) is 0 Å². The van der Waals surface area contributed by atoms with Crippen LogP contribution in [0.4, 0.5) is 0 Å². The highest BCUT2D eigenvalue weighted by atomic mass is 32.2. The fraction of sp³-hybridized carbons (Fsp3) is 0.632. The summed E-state index contributed by atoms with van der Waals surface area (Å²) >= 11 is 1.84. The van der Waals surface area contributed by atoms with Gasteiger partial charge in [0, 0.05) is 35.4 Å². The molecule has 0 saturated heterocycles. The second-order valence-corrected chi connectivity index (χ2v) is 8.43. The summed E-state index contributed by atoms with van der Waals surface area (Å²) < 4.78 is 11.6. The molecule has 6 heteroatoms. The highest BCUT2D eigenvalue weighted by Crippen LogP contribution is 2.35. The number of hydrogen-bond acceptors (Lipinski definition) is 4. The normalized spacial score (nSPS) is 17.0. The van der Waals surface area contributed by atoms with Crippen molar-refractivity contribution in [2.45, 2.75) is 51.5 Å². The van der Waals surface area contributed by atoms with Crippen LogP contribution in [0.15, 0.2) is 17.1 Å². The van der Waals surface area contributed by atoms with E-state index in [9.17, 15) is 0 Å². The molecule has 0 fully saturated rings. The molecular formula is C19H31N3O2S. The summed E-state index contributed by atoms with van der Waals surface area (Å²) in [6.45, 7) is 10.8. The highest BCUT2D eigenvalue weighted by molar-refractivity contribution is 7.99. The lowest BCUT2D eigenvalue weighted by atomic mass is 10.1. The minimum Gasteiger partial charge on any atom is -0.496 e. The molecule has 2 rings (SSSR count). The predicted molar refractivity (Wildman–Crippen MR) is 107 cm³/mol. The van der Waals surface area contributed by atoms with Crippen LogP contribution in [0.1, 0.15) is 38.8 Å². The molecule has 5 nitrogen and oxygen atoms in total. The van der Waals surface area contributed by atoms with Crippen molar-refractivity contribution in [1.29, 1.82) is 0 Å². The number of aliphatic imine (C=N–C) groups is 1. The van der Waals surface area contributed by atoms with Gasteiger partial charge in [-0.05, 0) is 46.1 Å². The molecule has 1 aromatic rings. The predicted octanol–water partition coefficient (Wildman–Crippen LogP) is 3.22. The van der Waals surface area contributed by atoms with E-state index in [1.165, 1.54) is 5.56 Å². The first-order chi connectivity index (χ1) is 11.9.